The summed E-state index contributed by atoms with van der Waals surface area (Å²) in [5, 5.41) is -0.430. The number of halogens is 3. The molecule has 1 aliphatic rings. The van der Waals surface area contributed by atoms with E-state index in [1.165, 1.54) is 12.1 Å². The summed E-state index contributed by atoms with van der Waals surface area (Å²) in [6.45, 7) is 1.75. The minimum absolute atomic E-state index is 0.0155. The van der Waals surface area contributed by atoms with Crippen molar-refractivity contribution in [2.24, 2.45) is 0 Å². The fraction of sp³-hybridized carbons (Fsp3) is 0.462. The highest BCUT2D eigenvalue weighted by Crippen LogP contribution is 2.34. The van der Waals surface area contributed by atoms with Gasteiger partial charge < -0.3 is 4.57 Å². The van der Waals surface area contributed by atoms with Gasteiger partial charge in [0.1, 0.15) is 11.6 Å². The standard InChI is InChI=1S/C13H13Cl2FN2O2S/c1-7(14)13-17-11-5-10(16)9(15)4-12(11)18(13)8-2-3-21(19,20)6-8/h4-5,7-8H,2-3,6H2,1H3. The fourth-order valence-electron chi connectivity index (χ4n) is 2.75. The summed E-state index contributed by atoms with van der Waals surface area (Å²) < 4.78 is 38.8. The van der Waals surface area contributed by atoms with Gasteiger partial charge in [-0.3, -0.25) is 0 Å². The van der Waals surface area contributed by atoms with E-state index >= 15 is 0 Å². The Kier molecular flexibility index (Phi) is 3.66. The van der Waals surface area contributed by atoms with Crippen molar-refractivity contribution in [2.75, 3.05) is 11.5 Å². The number of hydrogen-bond acceptors (Lipinski definition) is 3. The predicted molar refractivity (Wildman–Crippen MR) is 81.3 cm³/mol. The van der Waals surface area contributed by atoms with E-state index in [9.17, 15) is 12.8 Å². The third-order valence-electron chi connectivity index (χ3n) is 3.69. The molecule has 0 N–H and O–H groups in total. The van der Waals surface area contributed by atoms with Crippen molar-refractivity contribution in [2.45, 2.75) is 24.8 Å². The molecule has 8 heteroatoms. The third kappa shape index (κ3) is 2.64. The van der Waals surface area contributed by atoms with Crippen LogP contribution >= 0.6 is 23.2 Å². The molecule has 21 heavy (non-hydrogen) atoms. The number of fused-ring (bicyclic) bond motifs is 1. The maximum Gasteiger partial charge on any atom is 0.152 e. The molecule has 3 rings (SSSR count). The maximum absolute atomic E-state index is 13.6. The molecule has 1 fully saturated rings. The van der Waals surface area contributed by atoms with Crippen molar-refractivity contribution < 1.29 is 12.8 Å². The van der Waals surface area contributed by atoms with Crippen LogP contribution in [0.2, 0.25) is 5.02 Å². The lowest BCUT2D eigenvalue weighted by atomic mass is 10.2. The summed E-state index contributed by atoms with van der Waals surface area (Å²) in [4.78, 5) is 4.34. The van der Waals surface area contributed by atoms with Gasteiger partial charge in [0.25, 0.3) is 0 Å². The first-order valence-corrected chi connectivity index (χ1v) is 9.13. The number of sulfone groups is 1. The van der Waals surface area contributed by atoms with Gasteiger partial charge in [-0.25, -0.2) is 17.8 Å². The smallest absolute Gasteiger partial charge is 0.152 e. The predicted octanol–water partition coefficient (Wildman–Crippen LogP) is 3.49. The second-order valence-corrected chi connectivity index (χ2v) is 8.56. The first-order chi connectivity index (χ1) is 9.78. The van der Waals surface area contributed by atoms with Crippen LogP contribution in [0.4, 0.5) is 4.39 Å². The fourth-order valence-corrected chi connectivity index (χ4v) is 4.76. The molecule has 2 heterocycles. The Morgan fingerprint density at radius 3 is 2.76 bits per heavy atom. The van der Waals surface area contributed by atoms with Gasteiger partial charge in [0.05, 0.1) is 39.0 Å². The maximum atomic E-state index is 13.6. The van der Waals surface area contributed by atoms with Crippen molar-refractivity contribution in [3.63, 3.8) is 0 Å². The van der Waals surface area contributed by atoms with E-state index in [1.807, 2.05) is 0 Å². The minimum atomic E-state index is -3.05. The molecule has 0 amide bonds. The van der Waals surface area contributed by atoms with Crippen LogP contribution in [0.3, 0.4) is 0 Å². The Labute approximate surface area is 131 Å². The summed E-state index contributed by atoms with van der Waals surface area (Å²) in [5.41, 5.74) is 1.05. The lowest BCUT2D eigenvalue weighted by Crippen LogP contribution is -2.14. The van der Waals surface area contributed by atoms with E-state index in [0.29, 0.717) is 23.3 Å². The van der Waals surface area contributed by atoms with Crippen LogP contribution in [0.25, 0.3) is 11.0 Å². The molecule has 1 saturated heterocycles. The van der Waals surface area contributed by atoms with Crippen LogP contribution in [0.1, 0.15) is 30.6 Å². The Morgan fingerprint density at radius 2 is 2.19 bits per heavy atom. The molecule has 2 unspecified atom stereocenters. The Hall–Kier alpha value is -0.850. The second kappa shape index (κ2) is 5.11. The van der Waals surface area contributed by atoms with E-state index in [1.54, 1.807) is 11.5 Å². The average molecular weight is 351 g/mol. The summed E-state index contributed by atoms with van der Waals surface area (Å²) in [6, 6.07) is 2.49. The van der Waals surface area contributed by atoms with E-state index in [-0.39, 0.29) is 22.6 Å². The van der Waals surface area contributed by atoms with Crippen LogP contribution in [-0.2, 0) is 9.84 Å². The topological polar surface area (TPSA) is 52.0 Å². The van der Waals surface area contributed by atoms with Gasteiger partial charge in [0.2, 0.25) is 0 Å². The molecule has 0 spiro atoms. The molecule has 1 aromatic carbocycles. The average Bonchev–Trinajstić information content (AvgIpc) is 2.90. The van der Waals surface area contributed by atoms with Crippen LogP contribution in [0.5, 0.6) is 0 Å². The van der Waals surface area contributed by atoms with Gasteiger partial charge in [0.15, 0.2) is 9.84 Å². The van der Waals surface area contributed by atoms with Crippen molar-refractivity contribution >= 4 is 44.1 Å². The van der Waals surface area contributed by atoms with E-state index in [0.717, 1.165) is 0 Å². The summed E-state index contributed by atoms with van der Waals surface area (Å²) in [5.74, 6) is 0.170. The molecule has 114 valence electrons. The molecule has 0 aliphatic carbocycles. The van der Waals surface area contributed by atoms with Gasteiger partial charge in [-0.15, -0.1) is 11.6 Å². The minimum Gasteiger partial charge on any atom is -0.323 e. The normalized spacial score (nSPS) is 22.8. The van der Waals surface area contributed by atoms with Gasteiger partial charge in [-0.1, -0.05) is 11.6 Å². The number of benzene rings is 1. The van der Waals surface area contributed by atoms with Crippen LogP contribution < -0.4 is 0 Å². The van der Waals surface area contributed by atoms with Gasteiger partial charge in [0, 0.05) is 6.07 Å². The van der Waals surface area contributed by atoms with Gasteiger partial charge in [-0.05, 0) is 19.4 Å². The zero-order chi connectivity index (χ0) is 15.4. The third-order valence-corrected chi connectivity index (χ3v) is 5.92. The second-order valence-electron chi connectivity index (χ2n) is 5.27. The highest BCUT2D eigenvalue weighted by Gasteiger charge is 2.32. The molecule has 1 aliphatic heterocycles. The zero-order valence-electron chi connectivity index (χ0n) is 11.2. The summed E-state index contributed by atoms with van der Waals surface area (Å²) in [6.07, 6.45) is 0.499. The number of rotatable bonds is 2. The van der Waals surface area contributed by atoms with Crippen molar-refractivity contribution in [3.05, 3.63) is 28.8 Å². The van der Waals surface area contributed by atoms with E-state index < -0.39 is 21.0 Å². The summed E-state index contributed by atoms with van der Waals surface area (Å²) >= 11 is 12.0. The van der Waals surface area contributed by atoms with Crippen LogP contribution in [0, 0.1) is 5.82 Å². The lowest BCUT2D eigenvalue weighted by molar-refractivity contribution is 0.545. The van der Waals surface area contributed by atoms with Crippen LogP contribution in [0.15, 0.2) is 12.1 Å². The van der Waals surface area contributed by atoms with Gasteiger partial charge >= 0.3 is 0 Å². The number of hydrogen-bond donors (Lipinski definition) is 0. The van der Waals surface area contributed by atoms with Crippen molar-refractivity contribution in [3.8, 4) is 0 Å². The number of nitrogens with zero attached hydrogens (tertiary/aromatic N) is 2. The Morgan fingerprint density at radius 1 is 1.48 bits per heavy atom. The first-order valence-electron chi connectivity index (χ1n) is 6.50. The highest BCUT2D eigenvalue weighted by molar-refractivity contribution is 7.91. The van der Waals surface area contributed by atoms with Crippen molar-refractivity contribution in [1.82, 2.24) is 9.55 Å². The Balaban J connectivity index is 2.23. The molecule has 4 nitrogen and oxygen atoms in total. The lowest BCUT2D eigenvalue weighted by Gasteiger charge is -2.16. The molecular weight excluding hydrogens is 338 g/mol. The van der Waals surface area contributed by atoms with Crippen molar-refractivity contribution in [1.29, 1.82) is 0 Å². The van der Waals surface area contributed by atoms with Crippen LogP contribution in [-0.4, -0.2) is 29.5 Å². The number of alkyl halides is 1. The Bertz CT molecular complexity index is 817. The molecule has 0 radical (unpaired) electrons. The number of imidazole rings is 1. The molecule has 2 atom stereocenters. The number of aromatic nitrogens is 2. The quantitative estimate of drug-likeness (QED) is 0.779. The molecule has 1 aromatic heterocycles. The van der Waals surface area contributed by atoms with E-state index in [2.05, 4.69) is 4.98 Å². The van der Waals surface area contributed by atoms with Gasteiger partial charge in [-0.2, -0.15) is 0 Å². The molecule has 0 bridgehead atoms. The largest absolute Gasteiger partial charge is 0.323 e. The molecule has 2 aromatic rings. The summed E-state index contributed by atoms with van der Waals surface area (Å²) in [7, 11) is -3.05. The highest BCUT2D eigenvalue weighted by atomic mass is 35.5. The monoisotopic (exact) mass is 350 g/mol. The molecule has 0 saturated carbocycles. The van der Waals surface area contributed by atoms with E-state index in [4.69, 9.17) is 23.2 Å². The molecular formula is C13H13Cl2FN2O2S. The SMILES string of the molecule is CC(Cl)c1nc2cc(F)c(Cl)cc2n1C1CCS(=O)(=O)C1. The first kappa shape index (κ1) is 15.1. The zero-order valence-corrected chi connectivity index (χ0v) is 13.5.